The van der Waals surface area contributed by atoms with E-state index in [2.05, 4.69) is 10.1 Å². The van der Waals surface area contributed by atoms with E-state index in [9.17, 15) is 12.8 Å². The van der Waals surface area contributed by atoms with E-state index in [-0.39, 0.29) is 22.4 Å². The molecule has 0 fully saturated rings. The summed E-state index contributed by atoms with van der Waals surface area (Å²) < 4.78 is 39.3. The SMILES string of the molecule is CC(C)n1ncnc1CS(=O)(=O)c1cc(N)cc(F)c1. The smallest absolute Gasteiger partial charge is 0.185 e. The summed E-state index contributed by atoms with van der Waals surface area (Å²) in [5, 5.41) is 3.97. The van der Waals surface area contributed by atoms with Crippen molar-refractivity contribution in [2.75, 3.05) is 5.73 Å². The fourth-order valence-electron chi connectivity index (χ4n) is 1.83. The number of benzene rings is 1. The molecule has 1 aromatic heterocycles. The number of halogens is 1. The molecule has 2 rings (SSSR count). The number of nitrogens with zero attached hydrogens (tertiary/aromatic N) is 3. The largest absolute Gasteiger partial charge is 0.399 e. The van der Waals surface area contributed by atoms with Crippen LogP contribution < -0.4 is 5.73 Å². The van der Waals surface area contributed by atoms with Crippen molar-refractivity contribution >= 4 is 15.5 Å². The predicted molar refractivity (Wildman–Crippen MR) is 72.1 cm³/mol. The number of rotatable bonds is 4. The Bertz CT molecular complexity index is 705. The van der Waals surface area contributed by atoms with Crippen LogP contribution in [0.1, 0.15) is 25.7 Å². The van der Waals surface area contributed by atoms with Gasteiger partial charge in [0.15, 0.2) is 9.84 Å². The summed E-state index contributed by atoms with van der Waals surface area (Å²) >= 11 is 0. The van der Waals surface area contributed by atoms with Crippen LogP contribution in [0.4, 0.5) is 10.1 Å². The number of sulfone groups is 1. The first-order valence-electron chi connectivity index (χ1n) is 5.97. The molecule has 0 atom stereocenters. The van der Waals surface area contributed by atoms with E-state index in [0.29, 0.717) is 5.82 Å². The lowest BCUT2D eigenvalue weighted by Gasteiger charge is -2.10. The summed E-state index contributed by atoms with van der Waals surface area (Å²) in [6.07, 6.45) is 1.30. The van der Waals surface area contributed by atoms with Gasteiger partial charge in [0.1, 0.15) is 23.7 Å². The molecule has 0 saturated heterocycles. The van der Waals surface area contributed by atoms with Gasteiger partial charge in [0, 0.05) is 11.7 Å². The Labute approximate surface area is 116 Å². The Hall–Kier alpha value is -1.96. The van der Waals surface area contributed by atoms with Gasteiger partial charge < -0.3 is 5.73 Å². The summed E-state index contributed by atoms with van der Waals surface area (Å²) in [7, 11) is -3.73. The number of nitrogens with two attached hydrogens (primary N) is 1. The average molecular weight is 298 g/mol. The highest BCUT2D eigenvalue weighted by atomic mass is 32.2. The summed E-state index contributed by atoms with van der Waals surface area (Å²) in [4.78, 5) is 3.78. The van der Waals surface area contributed by atoms with Gasteiger partial charge in [-0.1, -0.05) is 0 Å². The third-order valence-corrected chi connectivity index (χ3v) is 4.30. The minimum atomic E-state index is -3.73. The highest BCUT2D eigenvalue weighted by Gasteiger charge is 2.21. The van der Waals surface area contributed by atoms with Crippen molar-refractivity contribution in [3.05, 3.63) is 36.2 Å². The van der Waals surface area contributed by atoms with E-state index >= 15 is 0 Å². The molecule has 0 saturated carbocycles. The maximum Gasteiger partial charge on any atom is 0.185 e. The lowest BCUT2D eigenvalue weighted by Crippen LogP contribution is -2.14. The lowest BCUT2D eigenvalue weighted by molar-refractivity contribution is 0.510. The molecule has 1 aromatic carbocycles. The Morgan fingerprint density at radius 1 is 1.35 bits per heavy atom. The lowest BCUT2D eigenvalue weighted by atomic mass is 10.3. The fourth-order valence-corrected chi connectivity index (χ4v) is 3.15. The molecule has 0 unspecified atom stereocenters. The standard InChI is InChI=1S/C12H15FN4O2S/c1-8(2)17-12(15-7-16-17)6-20(18,19)11-4-9(13)3-10(14)5-11/h3-5,7-8H,6,14H2,1-2H3. The van der Waals surface area contributed by atoms with E-state index in [4.69, 9.17) is 5.73 Å². The maximum atomic E-state index is 13.3. The molecule has 0 bridgehead atoms. The molecule has 6 nitrogen and oxygen atoms in total. The van der Waals surface area contributed by atoms with Crippen molar-refractivity contribution in [2.24, 2.45) is 0 Å². The Morgan fingerprint density at radius 3 is 2.65 bits per heavy atom. The van der Waals surface area contributed by atoms with Crippen molar-refractivity contribution in [2.45, 2.75) is 30.5 Å². The number of hydrogen-bond acceptors (Lipinski definition) is 5. The van der Waals surface area contributed by atoms with E-state index in [1.54, 1.807) is 0 Å². The third kappa shape index (κ3) is 2.96. The minimum absolute atomic E-state index is 0.0136. The zero-order chi connectivity index (χ0) is 14.9. The molecule has 2 aromatic rings. The molecule has 0 radical (unpaired) electrons. The highest BCUT2D eigenvalue weighted by molar-refractivity contribution is 7.90. The molecule has 20 heavy (non-hydrogen) atoms. The molecule has 0 aliphatic heterocycles. The maximum absolute atomic E-state index is 13.3. The molecule has 2 N–H and O–H groups in total. The van der Waals surface area contributed by atoms with Crippen LogP contribution in [-0.2, 0) is 15.6 Å². The summed E-state index contributed by atoms with van der Waals surface area (Å²) in [6, 6.07) is 3.23. The van der Waals surface area contributed by atoms with E-state index < -0.39 is 15.7 Å². The van der Waals surface area contributed by atoms with Crippen molar-refractivity contribution in [1.82, 2.24) is 14.8 Å². The van der Waals surface area contributed by atoms with Crippen LogP contribution in [0.3, 0.4) is 0 Å². The van der Waals surface area contributed by atoms with Crippen LogP contribution in [0.15, 0.2) is 29.4 Å². The van der Waals surface area contributed by atoms with Crippen molar-refractivity contribution < 1.29 is 12.8 Å². The molecular formula is C12H15FN4O2S. The van der Waals surface area contributed by atoms with Gasteiger partial charge in [-0.2, -0.15) is 5.10 Å². The monoisotopic (exact) mass is 298 g/mol. The number of aromatic nitrogens is 3. The first-order chi connectivity index (χ1) is 9.29. The van der Waals surface area contributed by atoms with Crippen LogP contribution in [0.2, 0.25) is 0 Å². The number of anilines is 1. The first-order valence-corrected chi connectivity index (χ1v) is 7.62. The van der Waals surface area contributed by atoms with Gasteiger partial charge in [-0.15, -0.1) is 0 Å². The summed E-state index contributed by atoms with van der Waals surface area (Å²) in [5.74, 6) is -0.731. The minimum Gasteiger partial charge on any atom is -0.399 e. The van der Waals surface area contributed by atoms with E-state index in [1.165, 1.54) is 17.1 Å². The molecule has 8 heteroatoms. The predicted octanol–water partition coefficient (Wildman–Crippen LogP) is 1.55. The zero-order valence-corrected chi connectivity index (χ0v) is 11.9. The number of hydrogen-bond donors (Lipinski definition) is 1. The van der Waals surface area contributed by atoms with Crippen LogP contribution in [0.25, 0.3) is 0 Å². The first kappa shape index (κ1) is 14.4. The van der Waals surface area contributed by atoms with Gasteiger partial charge in [-0.25, -0.2) is 22.5 Å². The third-order valence-electron chi connectivity index (χ3n) is 2.71. The molecule has 0 amide bonds. The molecule has 108 valence electrons. The van der Waals surface area contributed by atoms with Gasteiger partial charge in [-0.3, -0.25) is 0 Å². The van der Waals surface area contributed by atoms with Crippen LogP contribution in [0.5, 0.6) is 0 Å². The summed E-state index contributed by atoms with van der Waals surface area (Å²) in [5.41, 5.74) is 5.53. The van der Waals surface area contributed by atoms with Crippen molar-refractivity contribution in [3.8, 4) is 0 Å². The Kier molecular flexibility index (Phi) is 3.76. The normalized spacial score (nSPS) is 12.0. The van der Waals surface area contributed by atoms with Gasteiger partial charge >= 0.3 is 0 Å². The zero-order valence-electron chi connectivity index (χ0n) is 11.1. The van der Waals surface area contributed by atoms with Crippen LogP contribution >= 0.6 is 0 Å². The summed E-state index contributed by atoms with van der Waals surface area (Å²) in [6.45, 7) is 3.73. The van der Waals surface area contributed by atoms with Gasteiger partial charge in [-0.05, 0) is 32.0 Å². The molecule has 0 aliphatic rings. The number of nitrogen functional groups attached to an aromatic ring is 1. The molecule has 0 spiro atoms. The van der Waals surface area contributed by atoms with Crippen molar-refractivity contribution in [1.29, 1.82) is 0 Å². The van der Waals surface area contributed by atoms with Crippen molar-refractivity contribution in [3.63, 3.8) is 0 Å². The second kappa shape index (κ2) is 5.20. The molecular weight excluding hydrogens is 283 g/mol. The van der Waals surface area contributed by atoms with Gasteiger partial charge in [0.05, 0.1) is 4.90 Å². The van der Waals surface area contributed by atoms with E-state index in [1.807, 2.05) is 13.8 Å². The average Bonchev–Trinajstić information content (AvgIpc) is 2.75. The highest BCUT2D eigenvalue weighted by Crippen LogP contribution is 2.20. The molecule has 0 aliphatic carbocycles. The van der Waals surface area contributed by atoms with E-state index in [0.717, 1.165) is 12.1 Å². The quantitative estimate of drug-likeness (QED) is 0.865. The fraction of sp³-hybridized carbons (Fsp3) is 0.333. The molecule has 1 heterocycles. The second-order valence-corrected chi connectivity index (χ2v) is 6.68. The second-order valence-electron chi connectivity index (χ2n) is 4.69. The topological polar surface area (TPSA) is 90.9 Å². The van der Waals surface area contributed by atoms with Gasteiger partial charge in [0.2, 0.25) is 0 Å². The Morgan fingerprint density at radius 2 is 2.05 bits per heavy atom. The van der Waals surface area contributed by atoms with Gasteiger partial charge in [0.25, 0.3) is 0 Å². The van der Waals surface area contributed by atoms with Crippen LogP contribution in [-0.4, -0.2) is 23.2 Å². The van der Waals surface area contributed by atoms with Crippen LogP contribution in [0, 0.1) is 5.82 Å². The Balaban J connectivity index is 2.38.